The number of hydrogen-bond donors (Lipinski definition) is 1. The summed E-state index contributed by atoms with van der Waals surface area (Å²) in [5.74, 6) is -1.40. The Balaban J connectivity index is 1.80. The number of pyridine rings is 2. The van der Waals surface area contributed by atoms with Crippen molar-refractivity contribution in [1.29, 1.82) is 0 Å². The summed E-state index contributed by atoms with van der Waals surface area (Å²) in [5, 5.41) is 2.54. The number of ether oxygens (including phenoxy) is 1. The quantitative estimate of drug-likeness (QED) is 0.651. The lowest BCUT2D eigenvalue weighted by Crippen LogP contribution is -2.21. The Bertz CT molecular complexity index is 1070. The second kappa shape index (κ2) is 7.73. The van der Waals surface area contributed by atoms with Gasteiger partial charge in [0.1, 0.15) is 11.6 Å². The van der Waals surface area contributed by atoms with Gasteiger partial charge in [-0.05, 0) is 30.3 Å². The summed E-state index contributed by atoms with van der Waals surface area (Å²) < 4.78 is 43.8. The average molecular weight is 410 g/mol. The normalized spacial score (nSPS) is 11.1. The molecule has 144 valence electrons. The van der Waals surface area contributed by atoms with Crippen molar-refractivity contribution in [3.8, 4) is 11.4 Å². The van der Waals surface area contributed by atoms with Crippen LogP contribution in [0, 0.1) is 5.82 Å². The minimum absolute atomic E-state index is 0.108. The molecule has 10 heteroatoms. The number of carbonyl (C=O) groups excluding carboxylic acids is 1. The molecule has 1 amide bonds. The molecular formula is C18H11ClF3N3O3. The lowest BCUT2D eigenvalue weighted by molar-refractivity contribution is -0.0964. The molecule has 0 spiro atoms. The highest BCUT2D eigenvalue weighted by molar-refractivity contribution is 6.20. The molecule has 2 aromatic heterocycles. The van der Waals surface area contributed by atoms with Crippen LogP contribution in [0.4, 0.5) is 18.9 Å². The number of anilines is 1. The van der Waals surface area contributed by atoms with Gasteiger partial charge in [0.05, 0.1) is 23.6 Å². The second-order valence-electron chi connectivity index (χ2n) is 5.51. The summed E-state index contributed by atoms with van der Waals surface area (Å²) in [4.78, 5) is 28.1. The third-order valence-corrected chi connectivity index (χ3v) is 3.56. The summed E-state index contributed by atoms with van der Waals surface area (Å²) in [6.07, 6.45) is 3.50. The number of nitrogens with one attached hydrogen (secondary N) is 1. The van der Waals surface area contributed by atoms with Gasteiger partial charge in [0.15, 0.2) is 0 Å². The number of nitrogens with zero attached hydrogens (tertiary/aromatic N) is 2. The van der Waals surface area contributed by atoms with Crippen LogP contribution in [0.5, 0.6) is 5.75 Å². The fourth-order valence-corrected chi connectivity index (χ4v) is 2.39. The van der Waals surface area contributed by atoms with Gasteiger partial charge in [0.2, 0.25) is 0 Å². The zero-order valence-electron chi connectivity index (χ0n) is 13.9. The zero-order valence-corrected chi connectivity index (χ0v) is 14.7. The maximum absolute atomic E-state index is 13.3. The van der Waals surface area contributed by atoms with Crippen molar-refractivity contribution in [2.75, 3.05) is 5.32 Å². The molecule has 1 N–H and O–H groups in total. The van der Waals surface area contributed by atoms with E-state index in [1.165, 1.54) is 42.7 Å². The Labute approximate surface area is 161 Å². The Hall–Kier alpha value is -3.33. The third-order valence-electron chi connectivity index (χ3n) is 3.49. The van der Waals surface area contributed by atoms with Crippen LogP contribution >= 0.6 is 11.6 Å². The van der Waals surface area contributed by atoms with Gasteiger partial charge < -0.3 is 10.1 Å². The molecule has 0 saturated carbocycles. The van der Waals surface area contributed by atoms with Gasteiger partial charge >= 0.3 is 5.57 Å². The topological polar surface area (TPSA) is 73.2 Å². The standard InChI is InChI=1S/C18H11ClF3N3O3/c19-18(21,22)28-15-4-2-13(3-5-15)24-17(27)11-1-6-16(26)25(10-11)14-7-12(20)8-23-9-14/h1-10H,(H,24,27). The number of aromatic nitrogens is 2. The van der Waals surface area contributed by atoms with Crippen molar-refractivity contribution in [2.45, 2.75) is 5.57 Å². The fraction of sp³-hybridized carbons (Fsp3) is 0.0556. The predicted octanol–water partition coefficient (Wildman–Crippen LogP) is 3.79. The molecule has 0 bridgehead atoms. The molecule has 0 saturated heterocycles. The molecule has 0 aliphatic rings. The Kier molecular flexibility index (Phi) is 5.36. The van der Waals surface area contributed by atoms with Gasteiger partial charge in [-0.25, -0.2) is 4.39 Å². The molecule has 0 aliphatic heterocycles. The molecule has 28 heavy (non-hydrogen) atoms. The number of amides is 1. The summed E-state index contributed by atoms with van der Waals surface area (Å²) in [6, 6.07) is 8.62. The van der Waals surface area contributed by atoms with Crippen molar-refractivity contribution >= 4 is 23.2 Å². The van der Waals surface area contributed by atoms with Crippen molar-refractivity contribution in [1.82, 2.24) is 9.55 Å². The lowest BCUT2D eigenvalue weighted by atomic mass is 10.2. The first-order valence-corrected chi connectivity index (χ1v) is 8.10. The molecule has 0 fully saturated rings. The van der Waals surface area contributed by atoms with E-state index in [0.29, 0.717) is 5.69 Å². The van der Waals surface area contributed by atoms with E-state index >= 15 is 0 Å². The van der Waals surface area contributed by atoms with E-state index in [-0.39, 0.29) is 17.0 Å². The highest BCUT2D eigenvalue weighted by Gasteiger charge is 2.27. The molecule has 0 radical (unpaired) electrons. The SMILES string of the molecule is O=C(Nc1ccc(OC(F)(F)Cl)cc1)c1ccc(=O)n(-c2cncc(F)c2)c1. The number of alkyl halides is 3. The van der Waals surface area contributed by atoms with Crippen LogP contribution in [0.2, 0.25) is 0 Å². The average Bonchev–Trinajstić information content (AvgIpc) is 2.62. The molecule has 0 atom stereocenters. The first kappa shape index (κ1) is 19.4. The van der Waals surface area contributed by atoms with E-state index in [0.717, 1.165) is 22.9 Å². The van der Waals surface area contributed by atoms with Crippen LogP contribution in [0.15, 0.2) is 65.8 Å². The van der Waals surface area contributed by atoms with Gasteiger partial charge in [-0.15, -0.1) is 8.78 Å². The molecular weight excluding hydrogens is 399 g/mol. The van der Waals surface area contributed by atoms with Crippen LogP contribution in [0.3, 0.4) is 0 Å². The number of hydrogen-bond acceptors (Lipinski definition) is 4. The van der Waals surface area contributed by atoms with Crippen LogP contribution in [0.25, 0.3) is 5.69 Å². The smallest absolute Gasteiger partial charge is 0.420 e. The Morgan fingerprint density at radius 3 is 2.50 bits per heavy atom. The summed E-state index contributed by atoms with van der Waals surface area (Å²) in [5.41, 5.74) is -3.77. The molecule has 0 unspecified atom stereocenters. The lowest BCUT2D eigenvalue weighted by Gasteiger charge is -2.11. The van der Waals surface area contributed by atoms with Gasteiger partial charge in [-0.3, -0.25) is 19.1 Å². The summed E-state index contributed by atoms with van der Waals surface area (Å²) >= 11 is 4.68. The maximum atomic E-state index is 13.3. The number of benzene rings is 1. The van der Waals surface area contributed by atoms with Crippen LogP contribution in [-0.4, -0.2) is 21.0 Å². The molecule has 2 heterocycles. The third kappa shape index (κ3) is 4.89. The van der Waals surface area contributed by atoms with Crippen molar-refractivity contribution in [3.63, 3.8) is 0 Å². The van der Waals surface area contributed by atoms with Gasteiger partial charge in [0.25, 0.3) is 11.5 Å². The monoisotopic (exact) mass is 409 g/mol. The molecule has 6 nitrogen and oxygen atoms in total. The van der Waals surface area contributed by atoms with E-state index in [1.54, 1.807) is 0 Å². The molecule has 1 aromatic carbocycles. The fourth-order valence-electron chi connectivity index (χ4n) is 2.30. The van der Waals surface area contributed by atoms with Crippen LogP contribution in [-0.2, 0) is 0 Å². The first-order chi connectivity index (χ1) is 13.2. The highest BCUT2D eigenvalue weighted by atomic mass is 35.5. The molecule has 3 aromatic rings. The van der Waals surface area contributed by atoms with E-state index < -0.39 is 22.9 Å². The van der Waals surface area contributed by atoms with Crippen molar-refractivity contribution in [2.24, 2.45) is 0 Å². The van der Waals surface area contributed by atoms with Crippen molar-refractivity contribution in [3.05, 3.63) is 82.8 Å². The van der Waals surface area contributed by atoms with E-state index in [2.05, 4.69) is 26.6 Å². The highest BCUT2D eigenvalue weighted by Crippen LogP contribution is 2.26. The first-order valence-electron chi connectivity index (χ1n) is 7.72. The number of carbonyl (C=O) groups is 1. The number of halogens is 4. The molecule has 3 rings (SSSR count). The summed E-state index contributed by atoms with van der Waals surface area (Å²) in [6.45, 7) is 0. The maximum Gasteiger partial charge on any atom is 0.487 e. The zero-order chi connectivity index (χ0) is 20.3. The van der Waals surface area contributed by atoms with Gasteiger partial charge in [-0.1, -0.05) is 0 Å². The largest absolute Gasteiger partial charge is 0.487 e. The van der Waals surface area contributed by atoms with E-state index in [4.69, 9.17) is 0 Å². The van der Waals surface area contributed by atoms with Gasteiger partial charge in [-0.2, -0.15) is 0 Å². The van der Waals surface area contributed by atoms with E-state index in [1.807, 2.05) is 0 Å². The van der Waals surface area contributed by atoms with Crippen LogP contribution in [0.1, 0.15) is 10.4 Å². The predicted molar refractivity (Wildman–Crippen MR) is 95.6 cm³/mol. The van der Waals surface area contributed by atoms with E-state index in [9.17, 15) is 22.8 Å². The second-order valence-corrected chi connectivity index (χ2v) is 5.95. The Morgan fingerprint density at radius 2 is 1.86 bits per heavy atom. The summed E-state index contributed by atoms with van der Waals surface area (Å²) in [7, 11) is 0. The van der Waals surface area contributed by atoms with Crippen LogP contribution < -0.4 is 15.6 Å². The minimum atomic E-state index is -3.84. The van der Waals surface area contributed by atoms with Crippen molar-refractivity contribution < 1.29 is 22.7 Å². The van der Waals surface area contributed by atoms with Gasteiger partial charge in [0, 0.05) is 35.6 Å². The Morgan fingerprint density at radius 1 is 1.14 bits per heavy atom. The minimum Gasteiger partial charge on any atom is -0.420 e. The number of rotatable bonds is 5. The molecule has 0 aliphatic carbocycles.